The summed E-state index contributed by atoms with van der Waals surface area (Å²) in [6, 6.07) is 4.42. The molecule has 6 heteroatoms. The van der Waals surface area contributed by atoms with Gasteiger partial charge < -0.3 is 10.1 Å². The Hall–Kier alpha value is -1.14. The third-order valence-electron chi connectivity index (χ3n) is 3.16. The molecule has 1 heterocycles. The van der Waals surface area contributed by atoms with Gasteiger partial charge in [0.05, 0.1) is 11.5 Å². The number of rotatable bonds is 5. The average molecular weight is 287 g/mol. The van der Waals surface area contributed by atoms with E-state index in [9.17, 15) is 12.8 Å². The van der Waals surface area contributed by atoms with E-state index in [0.29, 0.717) is 25.3 Å². The van der Waals surface area contributed by atoms with Gasteiger partial charge in [-0.3, -0.25) is 0 Å². The minimum Gasteiger partial charge on any atom is -0.492 e. The van der Waals surface area contributed by atoms with Gasteiger partial charge in [-0.15, -0.1) is 0 Å². The lowest BCUT2D eigenvalue weighted by molar-refractivity contribution is 0.305. The summed E-state index contributed by atoms with van der Waals surface area (Å²) in [5.41, 5.74) is 0.753. The summed E-state index contributed by atoms with van der Waals surface area (Å²) >= 11 is 0. The number of ether oxygens (including phenoxy) is 1. The Morgan fingerprint density at radius 2 is 2.26 bits per heavy atom. The Kier molecular flexibility index (Phi) is 4.42. The fourth-order valence-corrected chi connectivity index (χ4v) is 3.86. The van der Waals surface area contributed by atoms with Gasteiger partial charge in [0.1, 0.15) is 18.2 Å². The van der Waals surface area contributed by atoms with E-state index in [2.05, 4.69) is 5.32 Å². The molecule has 1 saturated heterocycles. The molecule has 1 unspecified atom stereocenters. The van der Waals surface area contributed by atoms with E-state index >= 15 is 0 Å². The van der Waals surface area contributed by atoms with Crippen LogP contribution in [0.3, 0.4) is 0 Å². The highest BCUT2D eigenvalue weighted by molar-refractivity contribution is 7.91. The van der Waals surface area contributed by atoms with Gasteiger partial charge in [0.25, 0.3) is 0 Å². The van der Waals surface area contributed by atoms with Gasteiger partial charge >= 0.3 is 0 Å². The van der Waals surface area contributed by atoms with Crippen molar-refractivity contribution in [1.82, 2.24) is 5.32 Å². The predicted octanol–water partition coefficient (Wildman–Crippen LogP) is 1.29. The van der Waals surface area contributed by atoms with E-state index in [1.165, 1.54) is 12.1 Å². The standard InChI is InChI=1S/C13H18FNO3S/c1-10-8-11(14)2-3-13(10)18-6-5-15-12-4-7-19(16,17)9-12/h2-3,8,12,15H,4-7,9H2,1H3. The molecule has 4 nitrogen and oxygen atoms in total. The van der Waals surface area contributed by atoms with Crippen LogP contribution >= 0.6 is 0 Å². The first-order chi connectivity index (χ1) is 8.96. The van der Waals surface area contributed by atoms with Crippen molar-refractivity contribution in [3.05, 3.63) is 29.6 Å². The van der Waals surface area contributed by atoms with Crippen LogP contribution in [0, 0.1) is 12.7 Å². The van der Waals surface area contributed by atoms with E-state index < -0.39 is 9.84 Å². The number of aryl methyl sites for hydroxylation is 1. The van der Waals surface area contributed by atoms with Crippen molar-refractivity contribution in [2.75, 3.05) is 24.7 Å². The number of hydrogen-bond acceptors (Lipinski definition) is 4. The molecular formula is C13H18FNO3S. The van der Waals surface area contributed by atoms with E-state index in [-0.39, 0.29) is 23.4 Å². The summed E-state index contributed by atoms with van der Waals surface area (Å²) in [6.45, 7) is 2.80. The number of hydrogen-bond donors (Lipinski definition) is 1. The van der Waals surface area contributed by atoms with Crippen molar-refractivity contribution in [2.45, 2.75) is 19.4 Å². The molecule has 1 N–H and O–H groups in total. The quantitative estimate of drug-likeness (QED) is 0.829. The van der Waals surface area contributed by atoms with Crippen LogP contribution in [-0.4, -0.2) is 39.1 Å². The summed E-state index contributed by atoms with van der Waals surface area (Å²) < 4.78 is 40.9. The number of nitrogens with one attached hydrogen (secondary N) is 1. The van der Waals surface area contributed by atoms with E-state index in [1.807, 2.05) is 0 Å². The molecule has 0 saturated carbocycles. The van der Waals surface area contributed by atoms with Gasteiger partial charge in [-0.05, 0) is 37.1 Å². The molecule has 0 radical (unpaired) electrons. The van der Waals surface area contributed by atoms with E-state index in [1.54, 1.807) is 13.0 Å². The molecule has 1 aliphatic rings. The molecule has 1 aromatic carbocycles. The van der Waals surface area contributed by atoms with Gasteiger partial charge in [0, 0.05) is 12.6 Å². The number of benzene rings is 1. The van der Waals surface area contributed by atoms with Crippen molar-refractivity contribution < 1.29 is 17.5 Å². The van der Waals surface area contributed by atoms with Crippen molar-refractivity contribution in [3.63, 3.8) is 0 Å². The largest absolute Gasteiger partial charge is 0.492 e. The van der Waals surface area contributed by atoms with Gasteiger partial charge in [0.15, 0.2) is 9.84 Å². The van der Waals surface area contributed by atoms with Gasteiger partial charge in [-0.2, -0.15) is 0 Å². The molecule has 1 aromatic rings. The van der Waals surface area contributed by atoms with Crippen LogP contribution in [0.2, 0.25) is 0 Å². The summed E-state index contributed by atoms with van der Waals surface area (Å²) in [4.78, 5) is 0. The molecule has 0 amide bonds. The van der Waals surface area contributed by atoms with Crippen LogP contribution in [0.15, 0.2) is 18.2 Å². The van der Waals surface area contributed by atoms with Crippen LogP contribution in [0.1, 0.15) is 12.0 Å². The highest BCUT2D eigenvalue weighted by Crippen LogP contribution is 2.18. The molecule has 19 heavy (non-hydrogen) atoms. The molecular weight excluding hydrogens is 269 g/mol. The highest BCUT2D eigenvalue weighted by atomic mass is 32.2. The normalized spacial score (nSPS) is 21.5. The lowest BCUT2D eigenvalue weighted by atomic mass is 10.2. The highest BCUT2D eigenvalue weighted by Gasteiger charge is 2.26. The maximum absolute atomic E-state index is 12.9. The molecule has 0 spiro atoms. The monoisotopic (exact) mass is 287 g/mol. The minimum absolute atomic E-state index is 0.0305. The van der Waals surface area contributed by atoms with Gasteiger partial charge in [-0.25, -0.2) is 12.8 Å². The maximum Gasteiger partial charge on any atom is 0.151 e. The van der Waals surface area contributed by atoms with Crippen molar-refractivity contribution in [1.29, 1.82) is 0 Å². The number of sulfone groups is 1. The fourth-order valence-electron chi connectivity index (χ4n) is 2.15. The maximum atomic E-state index is 12.9. The molecule has 1 aliphatic heterocycles. The van der Waals surface area contributed by atoms with Crippen LogP contribution in [0.4, 0.5) is 4.39 Å². The van der Waals surface area contributed by atoms with Crippen LogP contribution in [0.5, 0.6) is 5.75 Å². The molecule has 0 bridgehead atoms. The first kappa shape index (κ1) is 14.3. The fraction of sp³-hybridized carbons (Fsp3) is 0.538. The Bertz CT molecular complexity index is 545. The molecule has 2 rings (SSSR count). The molecule has 1 fully saturated rings. The molecule has 106 valence electrons. The second-order valence-electron chi connectivity index (χ2n) is 4.81. The lowest BCUT2D eigenvalue weighted by Crippen LogP contribution is -2.33. The van der Waals surface area contributed by atoms with E-state index in [4.69, 9.17) is 4.74 Å². The third kappa shape index (κ3) is 4.18. The summed E-state index contributed by atoms with van der Waals surface area (Å²) in [7, 11) is -2.84. The number of halogens is 1. The van der Waals surface area contributed by atoms with Crippen LogP contribution in [-0.2, 0) is 9.84 Å². The third-order valence-corrected chi connectivity index (χ3v) is 4.93. The van der Waals surface area contributed by atoms with Crippen molar-refractivity contribution in [3.8, 4) is 5.75 Å². The minimum atomic E-state index is -2.84. The summed E-state index contributed by atoms with van der Waals surface area (Å²) in [5.74, 6) is 0.854. The Balaban J connectivity index is 1.72. The molecule has 0 aromatic heterocycles. The lowest BCUT2D eigenvalue weighted by Gasteiger charge is -2.12. The summed E-state index contributed by atoms with van der Waals surface area (Å²) in [5, 5.41) is 3.16. The van der Waals surface area contributed by atoms with Gasteiger partial charge in [0.2, 0.25) is 0 Å². The second kappa shape index (κ2) is 5.88. The zero-order chi connectivity index (χ0) is 13.9. The van der Waals surface area contributed by atoms with Crippen LogP contribution < -0.4 is 10.1 Å². The predicted molar refractivity (Wildman–Crippen MR) is 71.7 cm³/mol. The zero-order valence-corrected chi connectivity index (χ0v) is 11.7. The zero-order valence-electron chi connectivity index (χ0n) is 10.9. The first-order valence-electron chi connectivity index (χ1n) is 6.29. The van der Waals surface area contributed by atoms with Crippen LogP contribution in [0.25, 0.3) is 0 Å². The second-order valence-corrected chi connectivity index (χ2v) is 7.04. The average Bonchev–Trinajstić information content (AvgIpc) is 2.67. The first-order valence-corrected chi connectivity index (χ1v) is 8.11. The molecule has 0 aliphatic carbocycles. The van der Waals surface area contributed by atoms with Crippen molar-refractivity contribution >= 4 is 9.84 Å². The summed E-state index contributed by atoms with van der Waals surface area (Å²) in [6.07, 6.45) is 0.665. The SMILES string of the molecule is Cc1cc(F)ccc1OCCNC1CCS(=O)(=O)C1. The Morgan fingerprint density at radius 1 is 1.47 bits per heavy atom. The topological polar surface area (TPSA) is 55.4 Å². The van der Waals surface area contributed by atoms with Gasteiger partial charge in [-0.1, -0.05) is 0 Å². The Morgan fingerprint density at radius 3 is 2.89 bits per heavy atom. The smallest absolute Gasteiger partial charge is 0.151 e. The van der Waals surface area contributed by atoms with E-state index in [0.717, 1.165) is 5.56 Å². The van der Waals surface area contributed by atoms with Crippen molar-refractivity contribution in [2.24, 2.45) is 0 Å². The Labute approximate surface area is 112 Å². The molecule has 1 atom stereocenters.